The summed E-state index contributed by atoms with van der Waals surface area (Å²) in [5.41, 5.74) is 0. The number of carbonyl (C=O) groups is 1. The third-order valence-electron chi connectivity index (χ3n) is 1.32. The number of ketones is 1. The number of hydrogen-bond acceptors (Lipinski definition) is 2. The van der Waals surface area contributed by atoms with Crippen molar-refractivity contribution in [1.82, 2.24) is 0 Å². The topological polar surface area (TPSA) is 37.3 Å². The molecule has 0 aromatic heterocycles. The molecule has 2 nitrogen and oxygen atoms in total. The van der Waals surface area contributed by atoms with Crippen LogP contribution in [0.3, 0.4) is 0 Å². The zero-order valence-corrected chi connectivity index (χ0v) is 7.05. The molecule has 1 atom stereocenters. The Balaban J connectivity index is 3.36. The Morgan fingerprint density at radius 3 is 2.73 bits per heavy atom. The zero-order chi connectivity index (χ0) is 8.69. The average Bonchev–Trinajstić information content (AvgIpc) is 1.87. The molecule has 0 aliphatic rings. The van der Waals surface area contributed by atoms with Gasteiger partial charge in [-0.25, -0.2) is 0 Å². The molecule has 1 unspecified atom stereocenters. The Morgan fingerprint density at radius 2 is 2.27 bits per heavy atom. The maximum atomic E-state index is 10.5. The van der Waals surface area contributed by atoms with Crippen LogP contribution in [0.4, 0.5) is 0 Å². The van der Waals surface area contributed by atoms with Gasteiger partial charge in [-0.2, -0.15) is 0 Å². The molecule has 0 rings (SSSR count). The van der Waals surface area contributed by atoms with Crippen LogP contribution in [-0.2, 0) is 4.79 Å². The Bertz CT molecular complexity index is 174. The van der Waals surface area contributed by atoms with E-state index in [4.69, 9.17) is 5.11 Å². The van der Waals surface area contributed by atoms with E-state index in [1.807, 2.05) is 0 Å². The molecular weight excluding hydrogens is 140 g/mol. The number of Topliss-reactive ketones (excluding diaryl/α,β-unsaturated/α-hetero) is 1. The largest absolute Gasteiger partial charge is 0.380 e. The molecule has 0 aliphatic heterocycles. The van der Waals surface area contributed by atoms with Crippen molar-refractivity contribution in [3.05, 3.63) is 0 Å². The van der Waals surface area contributed by atoms with Crippen LogP contribution in [0, 0.1) is 11.8 Å². The molecular formula is C9H14O2. The molecule has 2 heteroatoms. The van der Waals surface area contributed by atoms with Crippen molar-refractivity contribution in [2.75, 3.05) is 0 Å². The summed E-state index contributed by atoms with van der Waals surface area (Å²) in [7, 11) is 0. The number of aliphatic hydroxyl groups is 1. The third-order valence-corrected chi connectivity index (χ3v) is 1.32. The SMILES string of the molecule is CC#CC(O)CCCC(C)=O. The van der Waals surface area contributed by atoms with Gasteiger partial charge in [0.2, 0.25) is 0 Å². The molecule has 0 radical (unpaired) electrons. The predicted octanol–water partition coefficient (Wildman–Crippen LogP) is 1.13. The fourth-order valence-corrected chi connectivity index (χ4v) is 0.783. The lowest BCUT2D eigenvalue weighted by Gasteiger charge is -2.00. The van der Waals surface area contributed by atoms with Gasteiger partial charge in [-0.1, -0.05) is 5.92 Å². The minimum Gasteiger partial charge on any atom is -0.380 e. The van der Waals surface area contributed by atoms with Gasteiger partial charge >= 0.3 is 0 Å². The lowest BCUT2D eigenvalue weighted by molar-refractivity contribution is -0.117. The molecule has 0 bridgehead atoms. The van der Waals surface area contributed by atoms with Crippen LogP contribution in [0.1, 0.15) is 33.1 Å². The minimum atomic E-state index is -0.556. The van der Waals surface area contributed by atoms with Gasteiger partial charge in [-0.3, -0.25) is 0 Å². The molecule has 0 spiro atoms. The Hall–Kier alpha value is -0.810. The third kappa shape index (κ3) is 7.08. The summed E-state index contributed by atoms with van der Waals surface area (Å²) >= 11 is 0. The van der Waals surface area contributed by atoms with Crippen LogP contribution in [-0.4, -0.2) is 17.0 Å². The lowest BCUT2D eigenvalue weighted by Crippen LogP contribution is -2.03. The summed E-state index contributed by atoms with van der Waals surface area (Å²) in [6.07, 6.45) is 1.31. The van der Waals surface area contributed by atoms with Gasteiger partial charge in [0.15, 0.2) is 0 Å². The molecule has 62 valence electrons. The standard InChI is InChI=1S/C9H14O2/c1-3-5-9(11)7-4-6-8(2)10/h9,11H,4,6-7H2,1-2H3. The Labute approximate surface area is 67.6 Å². The number of hydrogen-bond donors (Lipinski definition) is 1. The number of rotatable bonds is 4. The minimum absolute atomic E-state index is 0.168. The first kappa shape index (κ1) is 10.2. The van der Waals surface area contributed by atoms with Crippen LogP contribution in [0.2, 0.25) is 0 Å². The van der Waals surface area contributed by atoms with Gasteiger partial charge in [-0.15, -0.1) is 5.92 Å². The maximum absolute atomic E-state index is 10.5. The zero-order valence-electron chi connectivity index (χ0n) is 7.05. The first-order chi connectivity index (χ1) is 5.16. The van der Waals surface area contributed by atoms with E-state index >= 15 is 0 Å². The van der Waals surface area contributed by atoms with Crippen molar-refractivity contribution >= 4 is 5.78 Å². The summed E-state index contributed by atoms with van der Waals surface area (Å²) in [5, 5.41) is 9.08. The van der Waals surface area contributed by atoms with Gasteiger partial charge < -0.3 is 9.90 Å². The molecule has 0 saturated carbocycles. The molecule has 0 aromatic rings. The second-order valence-electron chi connectivity index (χ2n) is 2.50. The predicted molar refractivity (Wildman–Crippen MR) is 44.0 cm³/mol. The highest BCUT2D eigenvalue weighted by Crippen LogP contribution is 2.00. The quantitative estimate of drug-likeness (QED) is 0.616. The molecule has 0 aliphatic carbocycles. The van der Waals surface area contributed by atoms with Crippen LogP contribution in [0.15, 0.2) is 0 Å². The summed E-state index contributed by atoms with van der Waals surface area (Å²) in [5.74, 6) is 5.40. The van der Waals surface area contributed by atoms with Crippen molar-refractivity contribution < 1.29 is 9.90 Å². The lowest BCUT2D eigenvalue weighted by atomic mass is 10.1. The Morgan fingerprint density at radius 1 is 1.64 bits per heavy atom. The van der Waals surface area contributed by atoms with Crippen LogP contribution >= 0.6 is 0 Å². The highest BCUT2D eigenvalue weighted by atomic mass is 16.3. The van der Waals surface area contributed by atoms with Gasteiger partial charge in [0.1, 0.15) is 11.9 Å². The van der Waals surface area contributed by atoms with Gasteiger partial charge in [0.25, 0.3) is 0 Å². The van der Waals surface area contributed by atoms with E-state index in [2.05, 4.69) is 11.8 Å². The molecule has 0 heterocycles. The smallest absolute Gasteiger partial charge is 0.129 e. The van der Waals surface area contributed by atoms with Gasteiger partial charge in [0, 0.05) is 6.42 Å². The monoisotopic (exact) mass is 154 g/mol. The Kier molecular flexibility index (Phi) is 5.50. The van der Waals surface area contributed by atoms with Crippen molar-refractivity contribution in [1.29, 1.82) is 0 Å². The summed E-state index contributed by atoms with van der Waals surface area (Å²) in [6.45, 7) is 3.24. The van der Waals surface area contributed by atoms with Gasteiger partial charge in [-0.05, 0) is 26.7 Å². The molecule has 0 saturated heterocycles. The summed E-state index contributed by atoms with van der Waals surface area (Å²) in [4.78, 5) is 10.5. The summed E-state index contributed by atoms with van der Waals surface area (Å²) in [6, 6.07) is 0. The molecule has 0 amide bonds. The van der Waals surface area contributed by atoms with E-state index in [0.717, 1.165) is 6.42 Å². The van der Waals surface area contributed by atoms with E-state index in [-0.39, 0.29) is 5.78 Å². The number of carbonyl (C=O) groups excluding carboxylic acids is 1. The number of aliphatic hydroxyl groups excluding tert-OH is 1. The first-order valence-corrected chi connectivity index (χ1v) is 3.76. The van der Waals surface area contributed by atoms with E-state index in [9.17, 15) is 4.79 Å². The van der Waals surface area contributed by atoms with E-state index in [1.54, 1.807) is 13.8 Å². The second-order valence-corrected chi connectivity index (χ2v) is 2.50. The molecule has 1 N–H and O–H groups in total. The van der Waals surface area contributed by atoms with E-state index in [0.29, 0.717) is 12.8 Å². The normalized spacial score (nSPS) is 11.5. The van der Waals surface area contributed by atoms with Crippen molar-refractivity contribution in [2.24, 2.45) is 0 Å². The van der Waals surface area contributed by atoms with Crippen LogP contribution in [0.25, 0.3) is 0 Å². The van der Waals surface area contributed by atoms with Gasteiger partial charge in [0.05, 0.1) is 0 Å². The molecule has 0 fully saturated rings. The fourth-order valence-electron chi connectivity index (χ4n) is 0.783. The fraction of sp³-hybridized carbons (Fsp3) is 0.667. The van der Waals surface area contributed by atoms with Crippen LogP contribution in [0.5, 0.6) is 0 Å². The molecule has 0 aromatic carbocycles. The highest BCUT2D eigenvalue weighted by molar-refractivity contribution is 5.75. The van der Waals surface area contributed by atoms with E-state index in [1.165, 1.54) is 0 Å². The van der Waals surface area contributed by atoms with E-state index < -0.39 is 6.10 Å². The maximum Gasteiger partial charge on any atom is 0.129 e. The second kappa shape index (κ2) is 5.94. The highest BCUT2D eigenvalue weighted by Gasteiger charge is 1.99. The van der Waals surface area contributed by atoms with Crippen LogP contribution < -0.4 is 0 Å². The van der Waals surface area contributed by atoms with Crippen molar-refractivity contribution in [3.63, 3.8) is 0 Å². The van der Waals surface area contributed by atoms with Crippen molar-refractivity contribution in [2.45, 2.75) is 39.2 Å². The summed E-state index contributed by atoms with van der Waals surface area (Å²) < 4.78 is 0. The first-order valence-electron chi connectivity index (χ1n) is 3.76. The van der Waals surface area contributed by atoms with Crippen molar-refractivity contribution in [3.8, 4) is 11.8 Å². The average molecular weight is 154 g/mol. The molecule has 11 heavy (non-hydrogen) atoms.